The summed E-state index contributed by atoms with van der Waals surface area (Å²) in [7, 11) is 0. The summed E-state index contributed by atoms with van der Waals surface area (Å²) in [5.41, 5.74) is 9.70. The number of aromatic nitrogens is 5. The largest absolute Gasteiger partial charge is 0.424 e. The van der Waals surface area contributed by atoms with Crippen molar-refractivity contribution in [3.63, 3.8) is 0 Å². The highest BCUT2D eigenvalue weighted by atomic mass is 16.4. The number of hydrogen-bond donors (Lipinski definition) is 3. The number of nitrogens with two attached hydrogens (primary N) is 1. The van der Waals surface area contributed by atoms with Crippen LogP contribution in [0, 0.1) is 0 Å². The molecule has 0 aliphatic carbocycles. The van der Waals surface area contributed by atoms with Gasteiger partial charge in [0.25, 0.3) is 6.01 Å². The minimum Gasteiger partial charge on any atom is -0.424 e. The molecule has 0 aliphatic rings. The third kappa shape index (κ3) is 2.62. The van der Waals surface area contributed by atoms with E-state index in [0.717, 1.165) is 10.9 Å². The van der Waals surface area contributed by atoms with E-state index in [4.69, 9.17) is 20.4 Å². The minimum atomic E-state index is 0.00186. The Labute approximate surface area is 148 Å². The van der Waals surface area contributed by atoms with E-state index < -0.39 is 0 Å². The van der Waals surface area contributed by atoms with Crippen LogP contribution in [0.2, 0.25) is 0 Å². The van der Waals surface area contributed by atoms with Crippen molar-refractivity contribution in [1.29, 1.82) is 0 Å². The molecule has 0 unspecified atom stereocenters. The second kappa shape index (κ2) is 6.26. The first-order valence-electron chi connectivity index (χ1n) is 8.33. The number of nitrogens with one attached hydrogen (secondary N) is 1. The maximum Gasteiger partial charge on any atom is 0.295 e. The molecule has 134 valence electrons. The van der Waals surface area contributed by atoms with Crippen molar-refractivity contribution in [2.24, 2.45) is 0 Å². The Morgan fingerprint density at radius 3 is 2.92 bits per heavy atom. The highest BCUT2D eigenvalue weighted by Crippen LogP contribution is 2.33. The Hall–Kier alpha value is -3.20. The lowest BCUT2D eigenvalue weighted by Crippen LogP contribution is -2.05. The topological polar surface area (TPSA) is 128 Å². The van der Waals surface area contributed by atoms with E-state index in [1.54, 1.807) is 0 Å². The number of benzene rings is 1. The van der Waals surface area contributed by atoms with Gasteiger partial charge in [0.15, 0.2) is 11.2 Å². The van der Waals surface area contributed by atoms with E-state index >= 15 is 0 Å². The molecular formula is C17H19N7O2. The Bertz CT molecular complexity index is 1080. The highest BCUT2D eigenvalue weighted by molar-refractivity contribution is 5.99. The molecule has 4 N–H and O–H groups in total. The molecule has 4 rings (SSSR count). The molecule has 9 nitrogen and oxygen atoms in total. The molecule has 0 amide bonds. The van der Waals surface area contributed by atoms with Crippen LogP contribution in [-0.2, 0) is 0 Å². The summed E-state index contributed by atoms with van der Waals surface area (Å²) in [6.45, 7) is 4.45. The molecule has 4 aromatic rings. The molecule has 26 heavy (non-hydrogen) atoms. The molecule has 0 atom stereocenters. The Kier molecular flexibility index (Phi) is 3.92. The summed E-state index contributed by atoms with van der Waals surface area (Å²) in [6, 6.07) is 6.13. The molecule has 1 aromatic carbocycles. The zero-order chi connectivity index (χ0) is 18.3. The van der Waals surface area contributed by atoms with Gasteiger partial charge in [-0.1, -0.05) is 0 Å². The van der Waals surface area contributed by atoms with Crippen molar-refractivity contribution >= 4 is 34.0 Å². The van der Waals surface area contributed by atoms with E-state index in [9.17, 15) is 0 Å². The van der Waals surface area contributed by atoms with E-state index in [1.807, 2.05) is 36.7 Å². The van der Waals surface area contributed by atoms with Gasteiger partial charge in [-0.3, -0.25) is 0 Å². The van der Waals surface area contributed by atoms with Crippen molar-refractivity contribution in [2.75, 3.05) is 24.2 Å². The monoisotopic (exact) mass is 353 g/mol. The summed E-state index contributed by atoms with van der Waals surface area (Å²) in [6.07, 6.45) is 1.45. The first-order chi connectivity index (χ1) is 12.6. The Balaban J connectivity index is 1.87. The number of fused-ring (bicyclic) bond motifs is 2. The first kappa shape index (κ1) is 16.3. The molecule has 0 radical (unpaired) electrons. The maximum atomic E-state index is 8.90. The summed E-state index contributed by atoms with van der Waals surface area (Å²) in [5.74, 6) is 0.391. The molecule has 3 aromatic heterocycles. The number of nitrogens with zero attached hydrogens (tertiary/aromatic N) is 5. The van der Waals surface area contributed by atoms with Crippen LogP contribution in [0.1, 0.15) is 19.9 Å². The van der Waals surface area contributed by atoms with Crippen LogP contribution in [0.5, 0.6) is 0 Å². The van der Waals surface area contributed by atoms with Gasteiger partial charge in [-0.25, -0.2) is 14.6 Å². The third-order valence-electron chi connectivity index (χ3n) is 4.06. The molecule has 0 aliphatic heterocycles. The number of rotatable bonds is 5. The number of nitrogen functional groups attached to an aromatic ring is 1. The number of oxazole rings is 1. The second-order valence-corrected chi connectivity index (χ2v) is 6.20. The van der Waals surface area contributed by atoms with Crippen LogP contribution >= 0.6 is 0 Å². The molecule has 0 fully saturated rings. The predicted octanol–water partition coefficient (Wildman–Crippen LogP) is 2.20. The molecule has 0 saturated carbocycles. The van der Waals surface area contributed by atoms with Crippen LogP contribution in [0.4, 0.5) is 11.8 Å². The van der Waals surface area contributed by atoms with Crippen LogP contribution in [0.25, 0.3) is 33.4 Å². The highest BCUT2D eigenvalue weighted by Gasteiger charge is 2.19. The van der Waals surface area contributed by atoms with Crippen LogP contribution in [0.3, 0.4) is 0 Å². The average Bonchev–Trinajstić information content (AvgIpc) is 3.21. The van der Waals surface area contributed by atoms with Gasteiger partial charge in [0.1, 0.15) is 23.4 Å². The second-order valence-electron chi connectivity index (χ2n) is 6.20. The molecule has 0 spiro atoms. The predicted molar refractivity (Wildman–Crippen MR) is 98.7 cm³/mol. The summed E-state index contributed by atoms with van der Waals surface area (Å²) >= 11 is 0. The molecule has 9 heteroatoms. The quantitative estimate of drug-likeness (QED) is 0.498. The van der Waals surface area contributed by atoms with Crippen LogP contribution in [-0.4, -0.2) is 43.0 Å². The van der Waals surface area contributed by atoms with Gasteiger partial charge in [-0.2, -0.15) is 10.1 Å². The van der Waals surface area contributed by atoms with E-state index in [-0.39, 0.29) is 12.6 Å². The minimum absolute atomic E-state index is 0.00186. The fourth-order valence-electron chi connectivity index (χ4n) is 2.87. The third-order valence-corrected chi connectivity index (χ3v) is 4.06. The lowest BCUT2D eigenvalue weighted by Gasteiger charge is -2.05. The maximum absolute atomic E-state index is 8.90. The van der Waals surface area contributed by atoms with Gasteiger partial charge in [-0.15, -0.1) is 0 Å². The fourth-order valence-corrected chi connectivity index (χ4v) is 2.87. The van der Waals surface area contributed by atoms with Gasteiger partial charge >= 0.3 is 0 Å². The van der Waals surface area contributed by atoms with Gasteiger partial charge in [0.05, 0.1) is 12.0 Å². The number of anilines is 2. The van der Waals surface area contributed by atoms with E-state index in [0.29, 0.717) is 40.8 Å². The van der Waals surface area contributed by atoms with Gasteiger partial charge in [-0.05, 0) is 32.0 Å². The molecular weight excluding hydrogens is 334 g/mol. The zero-order valence-corrected chi connectivity index (χ0v) is 14.5. The van der Waals surface area contributed by atoms with Crippen LogP contribution in [0.15, 0.2) is 28.9 Å². The summed E-state index contributed by atoms with van der Waals surface area (Å²) in [4.78, 5) is 12.9. The summed E-state index contributed by atoms with van der Waals surface area (Å²) < 4.78 is 7.44. The van der Waals surface area contributed by atoms with Crippen molar-refractivity contribution in [3.8, 4) is 11.3 Å². The first-order valence-corrected chi connectivity index (χ1v) is 8.33. The normalized spacial score (nSPS) is 11.7. The zero-order valence-electron chi connectivity index (χ0n) is 14.5. The summed E-state index contributed by atoms with van der Waals surface area (Å²) in [5, 5.41) is 17.3. The average molecular weight is 353 g/mol. The Morgan fingerprint density at radius 1 is 1.31 bits per heavy atom. The Morgan fingerprint density at radius 2 is 2.15 bits per heavy atom. The van der Waals surface area contributed by atoms with Crippen molar-refractivity contribution in [2.45, 2.75) is 19.9 Å². The van der Waals surface area contributed by atoms with Crippen molar-refractivity contribution < 1.29 is 9.52 Å². The lowest BCUT2D eigenvalue weighted by molar-refractivity contribution is 0.310. The van der Waals surface area contributed by atoms with Gasteiger partial charge in [0, 0.05) is 18.2 Å². The van der Waals surface area contributed by atoms with Crippen LogP contribution < -0.4 is 11.1 Å². The lowest BCUT2D eigenvalue weighted by atomic mass is 10.1. The van der Waals surface area contributed by atoms with E-state index in [1.165, 1.54) is 6.33 Å². The number of hydrogen-bond acceptors (Lipinski definition) is 8. The fraction of sp³-hybridized carbons (Fsp3) is 0.294. The molecule has 3 heterocycles. The van der Waals surface area contributed by atoms with E-state index in [2.05, 4.69) is 20.3 Å². The number of aliphatic hydroxyl groups is 1. The standard InChI is InChI=1S/C17H19N7O2/c1-9(2)24-16-13(15(18)20-8-21-16)14(23-24)10-3-4-12-11(7-10)22-17(26-12)19-5-6-25/h3-4,7-9,25H,5-6H2,1-2H3,(H,19,22)(H2,18,20,21). The molecule has 0 bridgehead atoms. The van der Waals surface area contributed by atoms with Gasteiger partial charge in [0.2, 0.25) is 0 Å². The van der Waals surface area contributed by atoms with Crippen molar-refractivity contribution in [1.82, 2.24) is 24.7 Å². The number of aliphatic hydroxyl groups excluding tert-OH is 1. The SMILES string of the molecule is CC(C)n1nc(-c2ccc3oc(NCCO)nc3c2)c2c(N)ncnc21. The van der Waals surface area contributed by atoms with Gasteiger partial charge < -0.3 is 20.6 Å². The smallest absolute Gasteiger partial charge is 0.295 e. The van der Waals surface area contributed by atoms with Crippen molar-refractivity contribution in [3.05, 3.63) is 24.5 Å². The molecule has 0 saturated heterocycles.